The molecule has 2 amide bonds. The number of likely N-dealkylation sites (tertiary alicyclic amines) is 1. The SMILES string of the molecule is Cc1ccc(CNC(=O)C2CCN(C(=O)c3ccc(N4CCOCC4)cc3)CC2)cc1F. The van der Waals surface area contributed by atoms with Crippen LogP contribution in [-0.2, 0) is 16.1 Å². The largest absolute Gasteiger partial charge is 0.378 e. The molecule has 0 aliphatic carbocycles. The van der Waals surface area contributed by atoms with E-state index in [-0.39, 0.29) is 23.5 Å². The topological polar surface area (TPSA) is 61.9 Å². The first kappa shape index (κ1) is 22.3. The summed E-state index contributed by atoms with van der Waals surface area (Å²) in [7, 11) is 0. The fourth-order valence-corrected chi connectivity index (χ4v) is 4.24. The van der Waals surface area contributed by atoms with Crippen molar-refractivity contribution in [3.05, 3.63) is 65.0 Å². The van der Waals surface area contributed by atoms with Crippen molar-refractivity contribution in [1.29, 1.82) is 0 Å². The molecule has 2 aliphatic rings. The highest BCUT2D eigenvalue weighted by Gasteiger charge is 2.28. The van der Waals surface area contributed by atoms with Gasteiger partial charge in [-0.05, 0) is 61.2 Å². The summed E-state index contributed by atoms with van der Waals surface area (Å²) < 4.78 is 19.1. The maximum atomic E-state index is 13.7. The van der Waals surface area contributed by atoms with E-state index >= 15 is 0 Å². The van der Waals surface area contributed by atoms with Gasteiger partial charge in [0.05, 0.1) is 13.2 Å². The summed E-state index contributed by atoms with van der Waals surface area (Å²) >= 11 is 0. The van der Waals surface area contributed by atoms with E-state index in [9.17, 15) is 14.0 Å². The van der Waals surface area contributed by atoms with Crippen molar-refractivity contribution in [1.82, 2.24) is 10.2 Å². The van der Waals surface area contributed by atoms with E-state index in [2.05, 4.69) is 10.2 Å². The Kier molecular flexibility index (Phi) is 7.05. The second-order valence-corrected chi connectivity index (χ2v) is 8.51. The number of nitrogens with zero attached hydrogens (tertiary/aromatic N) is 2. The number of carbonyl (C=O) groups is 2. The van der Waals surface area contributed by atoms with Gasteiger partial charge in [0.15, 0.2) is 0 Å². The lowest BCUT2D eigenvalue weighted by Crippen LogP contribution is -2.43. The van der Waals surface area contributed by atoms with Gasteiger partial charge in [-0.3, -0.25) is 9.59 Å². The maximum absolute atomic E-state index is 13.7. The number of piperidine rings is 1. The number of carbonyl (C=O) groups excluding carboxylic acids is 2. The minimum Gasteiger partial charge on any atom is -0.378 e. The molecule has 2 heterocycles. The quantitative estimate of drug-likeness (QED) is 0.778. The average molecular weight is 440 g/mol. The molecule has 4 rings (SSSR count). The van der Waals surface area contributed by atoms with Gasteiger partial charge in [0.1, 0.15) is 5.82 Å². The number of anilines is 1. The van der Waals surface area contributed by atoms with Gasteiger partial charge in [0, 0.05) is 49.9 Å². The molecule has 0 aromatic heterocycles. The van der Waals surface area contributed by atoms with Crippen molar-refractivity contribution in [2.45, 2.75) is 26.3 Å². The lowest BCUT2D eigenvalue weighted by molar-refractivity contribution is -0.126. The first-order valence-corrected chi connectivity index (χ1v) is 11.3. The Morgan fingerprint density at radius 2 is 1.72 bits per heavy atom. The van der Waals surface area contributed by atoms with Gasteiger partial charge in [-0.25, -0.2) is 4.39 Å². The van der Waals surface area contributed by atoms with Gasteiger partial charge in [-0.15, -0.1) is 0 Å². The van der Waals surface area contributed by atoms with Crippen LogP contribution >= 0.6 is 0 Å². The standard InChI is InChI=1S/C25H30FN3O3/c1-18-2-3-19(16-23(18)26)17-27-24(30)20-8-10-29(11-9-20)25(31)21-4-6-22(7-5-21)28-12-14-32-15-13-28/h2-7,16,20H,8-15,17H2,1H3,(H,27,30). The van der Waals surface area contributed by atoms with E-state index < -0.39 is 0 Å². The third kappa shape index (κ3) is 5.27. The molecule has 0 spiro atoms. The number of nitrogens with one attached hydrogen (secondary N) is 1. The molecule has 32 heavy (non-hydrogen) atoms. The van der Waals surface area contributed by atoms with Crippen LogP contribution in [-0.4, -0.2) is 56.1 Å². The normalized spacial score (nSPS) is 17.3. The molecule has 2 saturated heterocycles. The zero-order valence-electron chi connectivity index (χ0n) is 18.5. The predicted octanol–water partition coefficient (Wildman–Crippen LogP) is 3.14. The Hall–Kier alpha value is -2.93. The second-order valence-electron chi connectivity index (χ2n) is 8.51. The van der Waals surface area contributed by atoms with Crippen LogP contribution in [0.2, 0.25) is 0 Å². The zero-order valence-corrected chi connectivity index (χ0v) is 18.5. The summed E-state index contributed by atoms with van der Waals surface area (Å²) in [6.07, 6.45) is 1.26. The maximum Gasteiger partial charge on any atom is 0.253 e. The van der Waals surface area contributed by atoms with E-state index in [0.29, 0.717) is 43.6 Å². The number of halogens is 1. The van der Waals surface area contributed by atoms with Gasteiger partial charge in [0.2, 0.25) is 5.91 Å². The third-order valence-electron chi connectivity index (χ3n) is 6.35. The molecule has 0 saturated carbocycles. The van der Waals surface area contributed by atoms with Crippen LogP contribution in [0, 0.1) is 18.7 Å². The monoisotopic (exact) mass is 439 g/mol. The minimum absolute atomic E-state index is 0.00696. The van der Waals surface area contributed by atoms with Crippen molar-refractivity contribution >= 4 is 17.5 Å². The van der Waals surface area contributed by atoms with E-state index in [1.165, 1.54) is 6.07 Å². The highest BCUT2D eigenvalue weighted by molar-refractivity contribution is 5.94. The number of rotatable bonds is 5. The Bertz CT molecular complexity index is 949. The summed E-state index contributed by atoms with van der Waals surface area (Å²) in [5.41, 5.74) is 3.11. The molecule has 0 atom stereocenters. The molecular formula is C25H30FN3O3. The summed E-state index contributed by atoms with van der Waals surface area (Å²) in [4.78, 5) is 29.5. The molecule has 0 bridgehead atoms. The van der Waals surface area contributed by atoms with Crippen LogP contribution in [0.3, 0.4) is 0 Å². The van der Waals surface area contributed by atoms with Gasteiger partial charge in [0.25, 0.3) is 5.91 Å². The van der Waals surface area contributed by atoms with Crippen LogP contribution in [0.4, 0.5) is 10.1 Å². The van der Waals surface area contributed by atoms with Crippen molar-refractivity contribution in [3.8, 4) is 0 Å². The first-order chi connectivity index (χ1) is 15.5. The first-order valence-electron chi connectivity index (χ1n) is 11.3. The number of hydrogen-bond acceptors (Lipinski definition) is 4. The van der Waals surface area contributed by atoms with Gasteiger partial charge in [-0.1, -0.05) is 12.1 Å². The summed E-state index contributed by atoms with van der Waals surface area (Å²) in [6, 6.07) is 12.7. The summed E-state index contributed by atoms with van der Waals surface area (Å²) in [6.45, 7) is 6.32. The number of ether oxygens (including phenoxy) is 1. The van der Waals surface area contributed by atoms with Crippen LogP contribution in [0.5, 0.6) is 0 Å². The molecule has 6 nitrogen and oxygen atoms in total. The smallest absolute Gasteiger partial charge is 0.253 e. The number of morpholine rings is 1. The van der Waals surface area contributed by atoms with Crippen LogP contribution < -0.4 is 10.2 Å². The lowest BCUT2D eigenvalue weighted by atomic mass is 9.95. The highest BCUT2D eigenvalue weighted by atomic mass is 19.1. The Balaban J connectivity index is 1.25. The summed E-state index contributed by atoms with van der Waals surface area (Å²) in [5.74, 6) is -0.417. The minimum atomic E-state index is -0.262. The number of hydrogen-bond donors (Lipinski definition) is 1. The lowest BCUT2D eigenvalue weighted by Gasteiger charge is -2.32. The van der Waals surface area contributed by atoms with Crippen LogP contribution in [0.25, 0.3) is 0 Å². The van der Waals surface area contributed by atoms with Gasteiger partial charge in [-0.2, -0.15) is 0 Å². The molecule has 2 aromatic rings. The Morgan fingerprint density at radius 1 is 1.03 bits per heavy atom. The molecule has 7 heteroatoms. The molecule has 0 radical (unpaired) electrons. The fourth-order valence-electron chi connectivity index (χ4n) is 4.24. The fraction of sp³-hybridized carbons (Fsp3) is 0.440. The van der Waals surface area contributed by atoms with Gasteiger partial charge < -0.3 is 19.9 Å². The van der Waals surface area contributed by atoms with Crippen molar-refractivity contribution in [3.63, 3.8) is 0 Å². The van der Waals surface area contributed by atoms with E-state index in [1.54, 1.807) is 13.0 Å². The highest BCUT2D eigenvalue weighted by Crippen LogP contribution is 2.22. The van der Waals surface area contributed by atoms with Crippen molar-refractivity contribution < 1.29 is 18.7 Å². The van der Waals surface area contributed by atoms with Crippen molar-refractivity contribution in [2.75, 3.05) is 44.3 Å². The molecule has 1 N–H and O–H groups in total. The van der Waals surface area contributed by atoms with Gasteiger partial charge >= 0.3 is 0 Å². The van der Waals surface area contributed by atoms with Crippen molar-refractivity contribution in [2.24, 2.45) is 5.92 Å². The van der Waals surface area contributed by atoms with Crippen LogP contribution in [0.1, 0.15) is 34.3 Å². The average Bonchev–Trinajstić information content (AvgIpc) is 2.85. The molecule has 2 aliphatic heterocycles. The molecular weight excluding hydrogens is 409 g/mol. The second kappa shape index (κ2) is 10.1. The Labute approximate surface area is 188 Å². The molecule has 0 unspecified atom stereocenters. The number of aryl methyl sites for hydroxylation is 1. The summed E-state index contributed by atoms with van der Waals surface area (Å²) in [5, 5.41) is 2.91. The zero-order chi connectivity index (χ0) is 22.5. The number of benzene rings is 2. The van der Waals surface area contributed by atoms with E-state index in [1.807, 2.05) is 35.2 Å². The number of amides is 2. The van der Waals surface area contributed by atoms with E-state index in [4.69, 9.17) is 4.74 Å². The van der Waals surface area contributed by atoms with E-state index in [0.717, 1.165) is 37.6 Å². The Morgan fingerprint density at radius 3 is 2.38 bits per heavy atom. The molecule has 2 aromatic carbocycles. The third-order valence-corrected chi connectivity index (χ3v) is 6.35. The predicted molar refractivity (Wildman–Crippen MR) is 121 cm³/mol. The molecule has 2 fully saturated rings. The molecule has 170 valence electrons. The van der Waals surface area contributed by atoms with Crippen LogP contribution in [0.15, 0.2) is 42.5 Å².